The maximum absolute atomic E-state index is 9.43. The maximum atomic E-state index is 9.43. The van der Waals surface area contributed by atoms with Crippen LogP contribution >= 0.6 is 0 Å². The molecule has 0 amide bonds. The van der Waals surface area contributed by atoms with E-state index >= 15 is 0 Å². The normalized spacial score (nSPS) is 57.8. The molecule has 1 nitrogen and oxygen atoms in total. The van der Waals surface area contributed by atoms with Gasteiger partial charge in [-0.2, -0.15) is 5.26 Å². The van der Waals surface area contributed by atoms with Gasteiger partial charge >= 0.3 is 0 Å². The van der Waals surface area contributed by atoms with Crippen LogP contribution in [0.4, 0.5) is 0 Å². The molecule has 4 bridgehead atoms. The van der Waals surface area contributed by atoms with E-state index in [4.69, 9.17) is 0 Å². The molecule has 4 fully saturated rings. The summed E-state index contributed by atoms with van der Waals surface area (Å²) in [7, 11) is 0. The summed E-state index contributed by atoms with van der Waals surface area (Å²) in [5, 5.41) is 9.43. The Morgan fingerprint density at radius 1 is 1.21 bits per heavy atom. The maximum Gasteiger partial charge on any atom is 0.0658 e. The summed E-state index contributed by atoms with van der Waals surface area (Å²) in [6.45, 7) is 9.02. The predicted molar refractivity (Wildman–Crippen MR) is 76.0 cm³/mol. The Kier molecular flexibility index (Phi) is 2.31. The van der Waals surface area contributed by atoms with Gasteiger partial charge in [-0.05, 0) is 80.0 Å². The molecular formula is C18H25N. The first kappa shape index (κ1) is 12.0. The van der Waals surface area contributed by atoms with Gasteiger partial charge in [0, 0.05) is 5.92 Å². The zero-order valence-corrected chi connectivity index (χ0v) is 12.2. The van der Waals surface area contributed by atoms with Crippen molar-refractivity contribution < 1.29 is 0 Å². The Hall–Kier alpha value is -0.770. The zero-order valence-electron chi connectivity index (χ0n) is 12.2. The third-order valence-electron chi connectivity index (χ3n) is 7.63. The quantitative estimate of drug-likeness (QED) is 0.503. The molecule has 1 heteroatoms. The van der Waals surface area contributed by atoms with E-state index < -0.39 is 0 Å². The second kappa shape index (κ2) is 3.66. The minimum absolute atomic E-state index is 0.377. The van der Waals surface area contributed by atoms with Crippen LogP contribution < -0.4 is 0 Å². The average molecular weight is 255 g/mol. The fourth-order valence-corrected chi connectivity index (χ4v) is 6.77. The lowest BCUT2D eigenvalue weighted by molar-refractivity contribution is 0.0964. The van der Waals surface area contributed by atoms with Crippen molar-refractivity contribution in [2.45, 2.75) is 46.0 Å². The van der Waals surface area contributed by atoms with Crippen LogP contribution in [0.2, 0.25) is 0 Å². The number of nitriles is 1. The topological polar surface area (TPSA) is 23.8 Å². The molecule has 0 heterocycles. The van der Waals surface area contributed by atoms with Crippen molar-refractivity contribution >= 4 is 0 Å². The lowest BCUT2D eigenvalue weighted by Crippen LogP contribution is -2.36. The van der Waals surface area contributed by atoms with E-state index in [-0.39, 0.29) is 0 Å². The molecule has 0 aromatic carbocycles. The molecule has 0 N–H and O–H groups in total. The minimum Gasteiger partial charge on any atom is -0.198 e. The van der Waals surface area contributed by atoms with Gasteiger partial charge in [-0.1, -0.05) is 19.1 Å². The van der Waals surface area contributed by atoms with E-state index in [0.717, 1.165) is 35.5 Å². The van der Waals surface area contributed by atoms with Gasteiger partial charge in [0.1, 0.15) is 0 Å². The Bertz CT molecular complexity index is 473. The van der Waals surface area contributed by atoms with Gasteiger partial charge in [0.05, 0.1) is 6.07 Å². The second-order valence-corrected chi connectivity index (χ2v) is 8.13. The number of hydrogen-bond donors (Lipinski definition) is 0. The van der Waals surface area contributed by atoms with Crippen LogP contribution in [0.3, 0.4) is 0 Å². The molecule has 4 aliphatic carbocycles. The van der Waals surface area contributed by atoms with E-state index in [1.54, 1.807) is 0 Å². The first-order valence-corrected chi connectivity index (χ1v) is 8.12. The highest BCUT2D eigenvalue weighted by Crippen LogP contribution is 2.72. The van der Waals surface area contributed by atoms with Crippen LogP contribution in [0.15, 0.2) is 12.2 Å². The zero-order chi connectivity index (χ0) is 13.4. The fourth-order valence-electron chi connectivity index (χ4n) is 6.77. The van der Waals surface area contributed by atoms with Crippen molar-refractivity contribution in [1.29, 1.82) is 5.26 Å². The first-order valence-electron chi connectivity index (χ1n) is 8.12. The lowest BCUT2D eigenvalue weighted by atomic mass is 9.61. The number of rotatable bonds is 1. The molecule has 4 rings (SSSR count). The van der Waals surface area contributed by atoms with Crippen molar-refractivity contribution in [3.8, 4) is 6.07 Å². The van der Waals surface area contributed by atoms with Gasteiger partial charge in [-0.25, -0.2) is 0 Å². The van der Waals surface area contributed by atoms with Crippen LogP contribution in [0.25, 0.3) is 0 Å². The van der Waals surface area contributed by atoms with Gasteiger partial charge < -0.3 is 0 Å². The van der Waals surface area contributed by atoms with Crippen LogP contribution in [-0.4, -0.2) is 0 Å². The average Bonchev–Trinajstić information content (AvgIpc) is 3.00. The van der Waals surface area contributed by atoms with Gasteiger partial charge in [0.15, 0.2) is 0 Å². The molecule has 8 atom stereocenters. The van der Waals surface area contributed by atoms with E-state index in [1.807, 2.05) is 0 Å². The van der Waals surface area contributed by atoms with Crippen LogP contribution in [-0.2, 0) is 0 Å². The molecule has 4 saturated carbocycles. The Labute approximate surface area is 117 Å². The van der Waals surface area contributed by atoms with Gasteiger partial charge in [0.25, 0.3) is 0 Å². The fraction of sp³-hybridized carbons (Fsp3) is 0.833. The Morgan fingerprint density at radius 2 is 2.00 bits per heavy atom. The smallest absolute Gasteiger partial charge is 0.0658 e. The van der Waals surface area contributed by atoms with Crippen molar-refractivity contribution in [3.05, 3.63) is 12.2 Å². The van der Waals surface area contributed by atoms with Crippen molar-refractivity contribution in [1.82, 2.24) is 0 Å². The third kappa shape index (κ3) is 1.31. The molecule has 0 spiro atoms. The Morgan fingerprint density at radius 3 is 2.68 bits per heavy atom. The van der Waals surface area contributed by atoms with Crippen molar-refractivity contribution in [3.63, 3.8) is 0 Å². The van der Waals surface area contributed by atoms with E-state index in [2.05, 4.69) is 26.5 Å². The molecule has 6 unspecified atom stereocenters. The first-order chi connectivity index (χ1) is 9.06. The highest BCUT2D eigenvalue weighted by atomic mass is 14.7. The molecule has 0 saturated heterocycles. The number of allylic oxidation sites excluding steroid dienone is 1. The number of nitrogens with zero attached hydrogens (tertiary/aromatic N) is 1. The minimum atomic E-state index is 0.377. The SMILES string of the molecule is C=C(C)[C@@]1(C)CC2CC1C1C3CCC(C#N)[C@@H](C3)C21. The summed E-state index contributed by atoms with van der Waals surface area (Å²) in [6.07, 6.45) is 6.67. The van der Waals surface area contributed by atoms with Crippen LogP contribution in [0.5, 0.6) is 0 Å². The van der Waals surface area contributed by atoms with Crippen molar-refractivity contribution in [2.75, 3.05) is 0 Å². The molecule has 0 aliphatic heterocycles. The van der Waals surface area contributed by atoms with Crippen LogP contribution in [0, 0.1) is 58.2 Å². The summed E-state index contributed by atoms with van der Waals surface area (Å²) in [4.78, 5) is 0. The summed E-state index contributed by atoms with van der Waals surface area (Å²) in [5.74, 6) is 5.68. The Balaban J connectivity index is 1.70. The van der Waals surface area contributed by atoms with Gasteiger partial charge in [0.2, 0.25) is 0 Å². The van der Waals surface area contributed by atoms with E-state index in [0.29, 0.717) is 11.3 Å². The second-order valence-electron chi connectivity index (χ2n) is 8.13. The standard InChI is InChI=1S/C18H25N/c1-10(2)18(3)8-13-7-15(18)17-11-4-5-12(9-19)14(6-11)16(13)17/h11-17H,1,4-8H2,2-3H3/t11?,12?,13?,14-,15?,16?,17?,18-/m1/s1. The third-order valence-corrected chi connectivity index (χ3v) is 7.63. The predicted octanol–water partition coefficient (Wildman–Crippen LogP) is 4.41. The summed E-state index contributed by atoms with van der Waals surface area (Å²) >= 11 is 0. The summed E-state index contributed by atoms with van der Waals surface area (Å²) < 4.78 is 0. The monoisotopic (exact) mass is 255 g/mol. The number of fused-ring (bicyclic) bond motifs is 9. The molecule has 4 aliphatic rings. The molecule has 0 aromatic rings. The van der Waals surface area contributed by atoms with Crippen LogP contribution in [0.1, 0.15) is 46.0 Å². The number of hydrogen-bond acceptors (Lipinski definition) is 1. The van der Waals surface area contributed by atoms with Gasteiger partial charge in [-0.3, -0.25) is 0 Å². The largest absolute Gasteiger partial charge is 0.198 e. The van der Waals surface area contributed by atoms with Crippen molar-refractivity contribution in [2.24, 2.45) is 46.8 Å². The molecule has 102 valence electrons. The molecule has 0 radical (unpaired) electrons. The molecule has 19 heavy (non-hydrogen) atoms. The summed E-state index contributed by atoms with van der Waals surface area (Å²) in [6, 6.07) is 2.63. The van der Waals surface area contributed by atoms with Gasteiger partial charge in [-0.15, -0.1) is 0 Å². The highest BCUT2D eigenvalue weighted by molar-refractivity contribution is 5.22. The van der Waals surface area contributed by atoms with E-state index in [1.165, 1.54) is 37.7 Å². The van der Waals surface area contributed by atoms with E-state index in [9.17, 15) is 5.26 Å². The molecule has 0 aromatic heterocycles. The highest BCUT2D eigenvalue weighted by Gasteiger charge is 2.65. The lowest BCUT2D eigenvalue weighted by Gasteiger charge is -2.43. The molecular weight excluding hydrogens is 230 g/mol. The summed E-state index contributed by atoms with van der Waals surface area (Å²) in [5.41, 5.74) is 1.82.